The van der Waals surface area contributed by atoms with E-state index in [1.54, 1.807) is 0 Å². The standard InChI is InChI=1S/C15H24O3/c1-9(8-16)11-4-5-12-14(18)6-13(17)10(2)15(12,3)7-11/h5,10-11,13-14,16-18H,1,4,6-8H2,2-3H3/t10-,11-,13-,14-,15-/m0/s1. The highest BCUT2D eigenvalue weighted by atomic mass is 16.3. The lowest BCUT2D eigenvalue weighted by Gasteiger charge is -2.50. The molecule has 1 saturated carbocycles. The van der Waals surface area contributed by atoms with Gasteiger partial charge in [0.25, 0.3) is 0 Å². The minimum atomic E-state index is -0.524. The van der Waals surface area contributed by atoms with Crippen LogP contribution in [0.15, 0.2) is 23.8 Å². The average molecular weight is 252 g/mol. The summed E-state index contributed by atoms with van der Waals surface area (Å²) in [4.78, 5) is 0. The molecule has 5 atom stereocenters. The quantitative estimate of drug-likeness (QED) is 0.655. The summed E-state index contributed by atoms with van der Waals surface area (Å²) >= 11 is 0. The van der Waals surface area contributed by atoms with Crippen molar-refractivity contribution in [3.8, 4) is 0 Å². The summed E-state index contributed by atoms with van der Waals surface area (Å²) < 4.78 is 0. The fourth-order valence-electron chi connectivity index (χ4n) is 3.61. The number of hydrogen-bond acceptors (Lipinski definition) is 3. The monoisotopic (exact) mass is 252 g/mol. The molecule has 2 rings (SSSR count). The molecule has 0 radical (unpaired) electrons. The highest BCUT2D eigenvalue weighted by Crippen LogP contribution is 2.53. The van der Waals surface area contributed by atoms with Crippen molar-refractivity contribution in [1.29, 1.82) is 0 Å². The lowest BCUT2D eigenvalue weighted by molar-refractivity contribution is -0.0353. The Bertz CT molecular complexity index is 374. The summed E-state index contributed by atoms with van der Waals surface area (Å²) in [5.74, 6) is 0.380. The van der Waals surface area contributed by atoms with E-state index < -0.39 is 12.2 Å². The molecule has 2 aliphatic carbocycles. The zero-order valence-corrected chi connectivity index (χ0v) is 11.3. The van der Waals surface area contributed by atoms with Crippen molar-refractivity contribution >= 4 is 0 Å². The van der Waals surface area contributed by atoms with Gasteiger partial charge in [-0.15, -0.1) is 0 Å². The van der Waals surface area contributed by atoms with Gasteiger partial charge in [-0.05, 0) is 41.2 Å². The molecule has 3 heteroatoms. The van der Waals surface area contributed by atoms with Crippen LogP contribution in [0.3, 0.4) is 0 Å². The zero-order chi connectivity index (χ0) is 13.5. The second-order valence-corrected chi connectivity index (χ2v) is 6.14. The molecule has 0 aromatic rings. The smallest absolute Gasteiger partial charge is 0.0780 e. The minimum absolute atomic E-state index is 0.0173. The predicted molar refractivity (Wildman–Crippen MR) is 70.9 cm³/mol. The Balaban J connectivity index is 2.31. The molecule has 1 fully saturated rings. The summed E-state index contributed by atoms with van der Waals surface area (Å²) in [7, 11) is 0. The van der Waals surface area contributed by atoms with Gasteiger partial charge in [0.05, 0.1) is 18.8 Å². The Morgan fingerprint density at radius 2 is 2.17 bits per heavy atom. The fourth-order valence-corrected chi connectivity index (χ4v) is 3.61. The van der Waals surface area contributed by atoms with Gasteiger partial charge < -0.3 is 15.3 Å². The highest BCUT2D eigenvalue weighted by Gasteiger charge is 2.48. The molecule has 2 aliphatic rings. The number of fused-ring (bicyclic) bond motifs is 1. The van der Waals surface area contributed by atoms with Gasteiger partial charge in [-0.3, -0.25) is 0 Å². The van der Waals surface area contributed by atoms with Gasteiger partial charge in [0, 0.05) is 6.42 Å². The van der Waals surface area contributed by atoms with Gasteiger partial charge in [0.1, 0.15) is 0 Å². The molecule has 0 unspecified atom stereocenters. The van der Waals surface area contributed by atoms with Crippen LogP contribution in [-0.4, -0.2) is 34.1 Å². The second kappa shape index (κ2) is 4.80. The first kappa shape index (κ1) is 13.8. The maximum absolute atomic E-state index is 10.1. The topological polar surface area (TPSA) is 60.7 Å². The molecule has 0 saturated heterocycles. The van der Waals surface area contributed by atoms with Crippen LogP contribution in [-0.2, 0) is 0 Å². The van der Waals surface area contributed by atoms with Crippen LogP contribution in [0.2, 0.25) is 0 Å². The SMILES string of the molecule is C=C(CO)[C@H]1CC=C2[C@@H](O)C[C@H](O)[C@H](C)[C@]2(C)C1. The van der Waals surface area contributed by atoms with Gasteiger partial charge in [0.2, 0.25) is 0 Å². The number of hydrogen-bond donors (Lipinski definition) is 3. The van der Waals surface area contributed by atoms with E-state index in [0.29, 0.717) is 6.42 Å². The lowest BCUT2D eigenvalue weighted by Crippen LogP contribution is -2.48. The van der Waals surface area contributed by atoms with Gasteiger partial charge in [-0.25, -0.2) is 0 Å². The molecule has 102 valence electrons. The van der Waals surface area contributed by atoms with Gasteiger partial charge in [0.15, 0.2) is 0 Å². The van der Waals surface area contributed by atoms with E-state index in [1.165, 1.54) is 0 Å². The summed E-state index contributed by atoms with van der Waals surface area (Å²) in [5.41, 5.74) is 1.74. The van der Waals surface area contributed by atoms with Crippen LogP contribution >= 0.6 is 0 Å². The van der Waals surface area contributed by atoms with Crippen molar-refractivity contribution in [2.24, 2.45) is 17.3 Å². The van der Waals surface area contributed by atoms with Crippen molar-refractivity contribution in [2.75, 3.05) is 6.61 Å². The summed E-state index contributed by atoms with van der Waals surface area (Å²) in [6, 6.07) is 0. The molecule has 0 aromatic carbocycles. The Kier molecular flexibility index (Phi) is 3.67. The van der Waals surface area contributed by atoms with Crippen LogP contribution in [0.1, 0.15) is 33.1 Å². The third-order valence-electron chi connectivity index (χ3n) is 5.14. The highest BCUT2D eigenvalue weighted by molar-refractivity contribution is 5.28. The summed E-state index contributed by atoms with van der Waals surface area (Å²) in [6.45, 7) is 8.11. The summed E-state index contributed by atoms with van der Waals surface area (Å²) in [6.07, 6.45) is 3.25. The lowest BCUT2D eigenvalue weighted by atomic mass is 9.56. The maximum atomic E-state index is 10.1. The first-order valence-corrected chi connectivity index (χ1v) is 6.75. The van der Waals surface area contributed by atoms with Crippen molar-refractivity contribution in [2.45, 2.75) is 45.3 Å². The first-order chi connectivity index (χ1) is 8.40. The molecule has 0 bridgehead atoms. The Labute approximate surface area is 109 Å². The molecule has 3 N–H and O–H groups in total. The molecule has 0 aliphatic heterocycles. The van der Waals surface area contributed by atoms with Crippen LogP contribution in [0, 0.1) is 17.3 Å². The average Bonchev–Trinajstić information content (AvgIpc) is 2.34. The third-order valence-corrected chi connectivity index (χ3v) is 5.14. The van der Waals surface area contributed by atoms with Crippen molar-refractivity contribution < 1.29 is 15.3 Å². The van der Waals surface area contributed by atoms with E-state index >= 15 is 0 Å². The minimum Gasteiger partial charge on any atom is -0.393 e. The molecule has 0 amide bonds. The van der Waals surface area contributed by atoms with Crippen LogP contribution in [0.5, 0.6) is 0 Å². The van der Waals surface area contributed by atoms with E-state index in [9.17, 15) is 15.3 Å². The predicted octanol–water partition coefficient (Wildman–Crippen LogP) is 1.64. The Morgan fingerprint density at radius 1 is 1.50 bits per heavy atom. The fraction of sp³-hybridized carbons (Fsp3) is 0.733. The van der Waals surface area contributed by atoms with Gasteiger partial charge in [-0.1, -0.05) is 26.5 Å². The van der Waals surface area contributed by atoms with Crippen LogP contribution in [0.4, 0.5) is 0 Å². The molecular formula is C15H24O3. The third kappa shape index (κ3) is 2.04. The van der Waals surface area contributed by atoms with Crippen LogP contribution in [0.25, 0.3) is 0 Å². The number of aliphatic hydroxyl groups is 3. The molecule has 0 heterocycles. The molecular weight excluding hydrogens is 228 g/mol. The molecule has 0 spiro atoms. The second-order valence-electron chi connectivity index (χ2n) is 6.14. The zero-order valence-electron chi connectivity index (χ0n) is 11.3. The molecule has 0 aromatic heterocycles. The Hall–Kier alpha value is -0.640. The summed E-state index contributed by atoms with van der Waals surface area (Å²) in [5, 5.41) is 29.4. The van der Waals surface area contributed by atoms with E-state index in [0.717, 1.165) is 24.0 Å². The van der Waals surface area contributed by atoms with E-state index in [2.05, 4.69) is 26.5 Å². The molecule has 18 heavy (non-hydrogen) atoms. The van der Waals surface area contributed by atoms with Gasteiger partial charge >= 0.3 is 0 Å². The van der Waals surface area contributed by atoms with E-state index in [1.807, 2.05) is 0 Å². The largest absolute Gasteiger partial charge is 0.393 e. The van der Waals surface area contributed by atoms with Crippen molar-refractivity contribution in [3.63, 3.8) is 0 Å². The number of aliphatic hydroxyl groups excluding tert-OH is 3. The number of rotatable bonds is 2. The maximum Gasteiger partial charge on any atom is 0.0780 e. The van der Waals surface area contributed by atoms with Gasteiger partial charge in [-0.2, -0.15) is 0 Å². The van der Waals surface area contributed by atoms with Crippen molar-refractivity contribution in [1.82, 2.24) is 0 Å². The molecule has 3 nitrogen and oxygen atoms in total. The first-order valence-electron chi connectivity index (χ1n) is 6.75. The van der Waals surface area contributed by atoms with E-state index in [4.69, 9.17) is 0 Å². The van der Waals surface area contributed by atoms with Crippen molar-refractivity contribution in [3.05, 3.63) is 23.8 Å². The normalized spacial score (nSPS) is 44.2. The van der Waals surface area contributed by atoms with E-state index in [-0.39, 0.29) is 23.9 Å². The van der Waals surface area contributed by atoms with Crippen LogP contribution < -0.4 is 0 Å². The Morgan fingerprint density at radius 3 is 2.78 bits per heavy atom. The number of allylic oxidation sites excluding steroid dienone is 1.